The molecule has 0 aromatic heterocycles. The first-order chi connectivity index (χ1) is 57.5. The largest absolute Gasteiger partial charge is 0.508 e. The lowest BCUT2D eigenvalue weighted by Gasteiger charge is -2.29. The summed E-state index contributed by atoms with van der Waals surface area (Å²) in [5.41, 5.74) is 22.0. The van der Waals surface area contributed by atoms with Crippen LogP contribution in [-0.2, 0) is 107 Å². The summed E-state index contributed by atoms with van der Waals surface area (Å²) < 4.78 is 0. The number of carbonyl (C=O) groups excluding carboxylic acids is 18. The standard InChI is InChI=1S/C72H115N19O28S4/c1-8-32(6)55(90-66(112)46(25-93)86-71(117)56(33(7)94)91-69(115)49(29-123)87-57(103)36(73)26-120)70(116)89-48(28-122)68(114)85-45(24-92)65(111)81-41(20-31(4)5)62(108)78-38(14-17-53(99)100)58(104)77-37(13-16-50(74)96)59(105)80-40(19-30(2)3)61(107)79-39(15-18-54(101)102)60(106)83-43(22-51(75)97)64(110)82-42(21-34-9-11-35(95)12-10-34)63(109)88-47(27-121)67(113)84-44(72(118)119)23-52(76)98/h9-12,30-33,36-49,55-56,92-95,120-123H,8,13-29,73H2,1-7H3,(H2,74,96)(H2,75,97)(H2,76,98)(H,77,104)(H,78,108)(H,79,107)(H,80,105)(H,81,111)(H,82,110)(H,83,106)(H,84,113)(H,85,114)(H,86,117)(H,87,103)(H,88,109)(H,89,116)(H,90,112)(H,91,115)(H,99,100)(H,101,102)(H,118,119)/t32-,33+,36-,37-,38-,39-,40-,41-,42-,43-,44-,45-,46-,47-,48-,49-,55-,56-/m0/s1. The number of benzene rings is 1. The highest BCUT2D eigenvalue weighted by Gasteiger charge is 2.41. The lowest BCUT2D eigenvalue weighted by Crippen LogP contribution is -2.63. The molecule has 18 amide bonds. The summed E-state index contributed by atoms with van der Waals surface area (Å²) >= 11 is 16.2. The monoisotopic (exact) mass is 1820 g/mol. The third-order valence-corrected chi connectivity index (χ3v) is 19.6. The maximum absolute atomic E-state index is 14.5. The Labute approximate surface area is 728 Å². The Balaban J connectivity index is 3.66. The Hall–Kier alpha value is -10.9. The minimum atomic E-state index is -2.07. The number of phenols is 1. The fourth-order valence-corrected chi connectivity index (χ4v) is 12.1. The molecule has 0 fully saturated rings. The van der Waals surface area contributed by atoms with Crippen LogP contribution in [0.3, 0.4) is 0 Å². The van der Waals surface area contributed by atoms with Gasteiger partial charge in [-0.05, 0) is 74.5 Å². The molecular weight excluding hydrogens is 1710 g/mol. The molecule has 0 aliphatic carbocycles. The second kappa shape index (κ2) is 56.0. The number of thiol groups is 4. The number of aromatic hydroxyl groups is 1. The number of carbonyl (C=O) groups is 21. The summed E-state index contributed by atoms with van der Waals surface area (Å²) in [7, 11) is 0. The van der Waals surface area contributed by atoms with Crippen molar-refractivity contribution < 1.29 is 136 Å². The van der Waals surface area contributed by atoms with Gasteiger partial charge >= 0.3 is 17.9 Å². The summed E-state index contributed by atoms with van der Waals surface area (Å²) in [6.07, 6.45) is -9.12. The number of phenolic OH excluding ortho intramolecular Hbond substituents is 1. The van der Waals surface area contributed by atoms with Crippen LogP contribution in [0, 0.1) is 17.8 Å². The van der Waals surface area contributed by atoms with Crippen molar-refractivity contribution in [2.24, 2.45) is 40.7 Å². The average Bonchev–Trinajstić information content (AvgIpc) is 0.850. The Bertz CT molecular complexity index is 3870. The molecule has 0 unspecified atom stereocenters. The van der Waals surface area contributed by atoms with Crippen molar-refractivity contribution in [3.8, 4) is 5.75 Å². The van der Waals surface area contributed by atoms with Crippen LogP contribution in [0.5, 0.6) is 5.75 Å². The van der Waals surface area contributed by atoms with Gasteiger partial charge in [0.05, 0.1) is 38.2 Å². The van der Waals surface area contributed by atoms with E-state index in [0.29, 0.717) is 0 Å². The molecule has 0 spiro atoms. The molecule has 1 aromatic rings. The van der Waals surface area contributed by atoms with Gasteiger partial charge in [0, 0.05) is 48.7 Å². The molecule has 1 aromatic carbocycles. The van der Waals surface area contributed by atoms with Crippen LogP contribution < -0.4 is 103 Å². The number of amides is 18. The lowest BCUT2D eigenvalue weighted by atomic mass is 9.97. The van der Waals surface area contributed by atoms with E-state index in [-0.39, 0.29) is 42.1 Å². The highest BCUT2D eigenvalue weighted by Crippen LogP contribution is 2.17. The molecule has 0 aliphatic heterocycles. The number of carboxylic acids is 3. The van der Waals surface area contributed by atoms with Crippen molar-refractivity contribution in [1.29, 1.82) is 0 Å². The first-order valence-corrected chi connectivity index (χ1v) is 41.0. The number of nitrogens with two attached hydrogens (primary N) is 4. The zero-order valence-electron chi connectivity index (χ0n) is 68.4. The zero-order valence-corrected chi connectivity index (χ0v) is 72.0. The summed E-state index contributed by atoms with van der Waals surface area (Å²) in [6, 6.07) is -23.0. The van der Waals surface area contributed by atoms with E-state index in [4.69, 9.17) is 22.9 Å². The van der Waals surface area contributed by atoms with E-state index < -0.39 is 327 Å². The molecule has 0 heterocycles. The predicted molar refractivity (Wildman–Crippen MR) is 446 cm³/mol. The van der Waals surface area contributed by atoms with Crippen LogP contribution in [-0.4, -0.2) is 299 Å². The van der Waals surface area contributed by atoms with Crippen molar-refractivity contribution in [2.45, 2.75) is 228 Å². The summed E-state index contributed by atoms with van der Waals surface area (Å²) in [6.45, 7) is 8.17. The molecule has 0 radical (unpaired) electrons. The van der Waals surface area contributed by atoms with Gasteiger partial charge in [0.25, 0.3) is 0 Å². The Kier molecular flexibility index (Phi) is 50.2. The van der Waals surface area contributed by atoms with Gasteiger partial charge in [0.15, 0.2) is 0 Å². The van der Waals surface area contributed by atoms with E-state index in [1.165, 1.54) is 31.2 Å². The average molecular weight is 1820 g/mol. The van der Waals surface area contributed by atoms with Crippen molar-refractivity contribution in [3.63, 3.8) is 0 Å². The summed E-state index contributed by atoms with van der Waals surface area (Å²) in [5.74, 6) is -29.5. The fraction of sp³-hybridized carbons (Fsp3) is 0.625. The number of carboxylic acid groups (broad SMARTS) is 3. The smallest absolute Gasteiger partial charge is 0.326 e. The molecule has 18 atom stereocenters. The van der Waals surface area contributed by atoms with Crippen molar-refractivity contribution in [2.75, 3.05) is 36.2 Å². The molecule has 47 nitrogen and oxygen atoms in total. The van der Waals surface area contributed by atoms with Crippen molar-refractivity contribution >= 4 is 175 Å². The number of hydrogen-bond donors (Lipinski definition) is 30. The Morgan fingerprint density at radius 3 is 1.02 bits per heavy atom. The first-order valence-electron chi connectivity index (χ1n) is 38.5. The number of aliphatic carboxylic acids is 3. The molecule has 30 N–H and O–H groups in total. The Morgan fingerprint density at radius 2 is 0.642 bits per heavy atom. The quantitative estimate of drug-likeness (QED) is 0.0269. The van der Waals surface area contributed by atoms with Crippen LogP contribution >= 0.6 is 50.5 Å². The maximum Gasteiger partial charge on any atom is 0.326 e. The highest BCUT2D eigenvalue weighted by atomic mass is 32.1. The highest BCUT2D eigenvalue weighted by molar-refractivity contribution is 7.80. The predicted octanol–water partition coefficient (Wildman–Crippen LogP) is -10.4. The van der Waals surface area contributed by atoms with E-state index in [1.54, 1.807) is 34.6 Å². The van der Waals surface area contributed by atoms with Crippen LogP contribution in [0.25, 0.3) is 0 Å². The molecule has 690 valence electrons. The lowest BCUT2D eigenvalue weighted by molar-refractivity contribution is -0.143. The normalized spacial score (nSPS) is 15.5. The van der Waals surface area contributed by atoms with Crippen LogP contribution in [0.4, 0.5) is 0 Å². The second-order valence-electron chi connectivity index (χ2n) is 29.3. The molecule has 51 heteroatoms. The number of rotatable bonds is 59. The van der Waals surface area contributed by atoms with Crippen molar-refractivity contribution in [3.05, 3.63) is 29.8 Å². The molecule has 0 aliphatic rings. The van der Waals surface area contributed by atoms with Gasteiger partial charge in [-0.3, -0.25) is 95.9 Å². The second-order valence-corrected chi connectivity index (χ2v) is 30.7. The summed E-state index contributed by atoms with van der Waals surface area (Å²) in [4.78, 5) is 280. The zero-order chi connectivity index (χ0) is 94.0. The van der Waals surface area contributed by atoms with E-state index in [9.17, 15) is 136 Å². The van der Waals surface area contributed by atoms with Crippen LogP contribution in [0.2, 0.25) is 0 Å². The van der Waals surface area contributed by atoms with Gasteiger partial charge in [-0.15, -0.1) is 0 Å². The van der Waals surface area contributed by atoms with Crippen LogP contribution in [0.15, 0.2) is 24.3 Å². The summed E-state index contributed by atoms with van der Waals surface area (Å²) in [5, 5.41) is 104. The number of aliphatic hydroxyl groups is 3. The van der Waals surface area contributed by atoms with E-state index in [2.05, 4.69) is 125 Å². The SMILES string of the molecule is CC[C@H](C)[C@H](NC(=O)[C@H](CO)NC(=O)[C@@H](NC(=O)[C@H](CS)NC(=O)[C@@H](N)CS)[C@@H](C)O)C(=O)N[C@@H](CS)C(=O)N[C@@H](CO)C(=O)N[C@@H](CC(C)C)C(=O)N[C@@H](CCC(=O)O)C(=O)N[C@@H](CCC(N)=O)C(=O)N[C@@H](CC(C)C)C(=O)N[C@@H](CCC(=O)O)C(=O)N[C@@H](CC(N)=O)C(=O)N[C@@H](Cc1ccc(O)cc1)C(=O)N[C@@H](CS)C(=O)N[C@@H](CC(N)=O)C(=O)O. The molecule has 1 rings (SSSR count). The molecule has 0 saturated heterocycles. The minimum Gasteiger partial charge on any atom is -0.508 e. The fourth-order valence-electron chi connectivity index (χ4n) is 11.1. The van der Waals surface area contributed by atoms with Gasteiger partial charge in [0.2, 0.25) is 106 Å². The van der Waals surface area contributed by atoms with Gasteiger partial charge in [-0.1, -0.05) is 60.1 Å². The molecule has 123 heavy (non-hydrogen) atoms. The Morgan fingerprint density at radius 1 is 0.350 bits per heavy atom. The topological polar surface area (TPSA) is 785 Å². The third kappa shape index (κ3) is 40.8. The van der Waals surface area contributed by atoms with Gasteiger partial charge in [-0.2, -0.15) is 50.5 Å². The van der Waals surface area contributed by atoms with Gasteiger partial charge < -0.3 is 138 Å². The molecule has 0 bridgehead atoms. The first kappa shape index (κ1) is 110. The molecule has 0 saturated carbocycles. The number of primary amides is 3. The molecular formula is C72H115N19O28S4. The maximum atomic E-state index is 14.5. The number of nitrogens with one attached hydrogen (secondary N) is 15. The van der Waals surface area contributed by atoms with E-state index >= 15 is 0 Å². The number of hydrogen-bond acceptors (Lipinski definition) is 30. The van der Waals surface area contributed by atoms with E-state index in [0.717, 1.165) is 6.92 Å². The third-order valence-electron chi connectivity index (χ3n) is 18.1. The van der Waals surface area contributed by atoms with Crippen LogP contribution in [0.1, 0.15) is 125 Å². The van der Waals surface area contributed by atoms with Crippen molar-refractivity contribution in [1.82, 2.24) is 79.8 Å². The minimum absolute atomic E-state index is 0.0982. The van der Waals surface area contributed by atoms with E-state index in [1.807, 2.05) is 5.32 Å². The van der Waals surface area contributed by atoms with Gasteiger partial charge in [-0.25, -0.2) is 4.79 Å². The van der Waals surface area contributed by atoms with Gasteiger partial charge in [0.1, 0.15) is 96.4 Å². The number of aliphatic hydroxyl groups excluding tert-OH is 3.